The number of ether oxygens (including phenoxy) is 1. The van der Waals surface area contributed by atoms with Gasteiger partial charge in [-0.25, -0.2) is 0 Å². The molecule has 0 bridgehead atoms. The third kappa shape index (κ3) is 6.16. The molecular formula is C9H18O3. The van der Waals surface area contributed by atoms with Crippen LogP contribution < -0.4 is 0 Å². The highest BCUT2D eigenvalue weighted by Crippen LogP contribution is 2.09. The third-order valence-electron chi connectivity index (χ3n) is 1.51. The lowest BCUT2D eigenvalue weighted by molar-refractivity contribution is -0.142. The van der Waals surface area contributed by atoms with Crippen LogP contribution in [0.1, 0.15) is 34.1 Å². The van der Waals surface area contributed by atoms with Crippen LogP contribution in [0, 0.1) is 5.92 Å². The Balaban J connectivity index is 3.51. The summed E-state index contributed by atoms with van der Waals surface area (Å²) >= 11 is 0. The van der Waals surface area contributed by atoms with Gasteiger partial charge in [0.1, 0.15) is 0 Å². The topological polar surface area (TPSA) is 46.5 Å². The van der Waals surface area contributed by atoms with Crippen molar-refractivity contribution in [3.8, 4) is 0 Å². The standard InChI is InChI=1S/C9H18O3/c1-7(8(10)11)5-6-12-9(2,3)4/h7H,5-6H2,1-4H3,(H,10,11). The van der Waals surface area contributed by atoms with Gasteiger partial charge in [0, 0.05) is 6.61 Å². The average molecular weight is 174 g/mol. The number of aliphatic carboxylic acids is 1. The van der Waals surface area contributed by atoms with E-state index in [1.54, 1.807) is 6.92 Å². The molecule has 1 N–H and O–H groups in total. The summed E-state index contributed by atoms with van der Waals surface area (Å²) in [6.45, 7) is 8.07. The predicted molar refractivity (Wildman–Crippen MR) is 47.1 cm³/mol. The molecule has 72 valence electrons. The molecule has 1 atom stereocenters. The van der Waals surface area contributed by atoms with E-state index in [1.165, 1.54) is 0 Å². The molecule has 0 aliphatic heterocycles. The first-order valence-corrected chi connectivity index (χ1v) is 4.19. The van der Waals surface area contributed by atoms with Crippen LogP contribution in [0.5, 0.6) is 0 Å². The Kier molecular flexibility index (Phi) is 4.24. The van der Waals surface area contributed by atoms with E-state index in [0.717, 1.165) is 0 Å². The second-order valence-electron chi connectivity index (χ2n) is 3.99. The van der Waals surface area contributed by atoms with Crippen LogP contribution in [0.15, 0.2) is 0 Å². The van der Waals surface area contributed by atoms with E-state index < -0.39 is 5.97 Å². The van der Waals surface area contributed by atoms with Crippen LogP contribution >= 0.6 is 0 Å². The molecule has 3 heteroatoms. The van der Waals surface area contributed by atoms with Crippen LogP contribution in [0.3, 0.4) is 0 Å². The lowest BCUT2D eigenvalue weighted by atomic mass is 10.1. The molecule has 1 unspecified atom stereocenters. The molecule has 0 aromatic heterocycles. The Morgan fingerprint density at radius 1 is 1.50 bits per heavy atom. The molecule has 0 saturated carbocycles. The maximum absolute atomic E-state index is 10.4. The van der Waals surface area contributed by atoms with E-state index in [0.29, 0.717) is 13.0 Å². The SMILES string of the molecule is CC(CCOC(C)(C)C)C(=O)O. The molecule has 0 saturated heterocycles. The smallest absolute Gasteiger partial charge is 0.306 e. The summed E-state index contributed by atoms with van der Waals surface area (Å²) in [5.41, 5.74) is -0.168. The molecule has 0 fully saturated rings. The van der Waals surface area contributed by atoms with Crippen molar-refractivity contribution in [3.05, 3.63) is 0 Å². The van der Waals surface area contributed by atoms with E-state index in [-0.39, 0.29) is 11.5 Å². The Bertz CT molecular complexity index is 146. The molecular weight excluding hydrogens is 156 g/mol. The van der Waals surface area contributed by atoms with Gasteiger partial charge in [0.2, 0.25) is 0 Å². The van der Waals surface area contributed by atoms with E-state index in [4.69, 9.17) is 9.84 Å². The minimum atomic E-state index is -0.757. The number of hydrogen-bond donors (Lipinski definition) is 1. The van der Waals surface area contributed by atoms with Crippen LogP contribution in [-0.4, -0.2) is 23.3 Å². The summed E-state index contributed by atoms with van der Waals surface area (Å²) in [4.78, 5) is 10.4. The quantitative estimate of drug-likeness (QED) is 0.708. The van der Waals surface area contributed by atoms with Crippen LogP contribution in [-0.2, 0) is 9.53 Å². The number of carbonyl (C=O) groups is 1. The zero-order valence-corrected chi connectivity index (χ0v) is 8.26. The van der Waals surface area contributed by atoms with Crippen molar-refractivity contribution in [1.29, 1.82) is 0 Å². The number of carboxylic acids is 1. The number of carboxylic acid groups (broad SMARTS) is 1. The zero-order valence-electron chi connectivity index (χ0n) is 8.26. The fraction of sp³-hybridized carbons (Fsp3) is 0.889. The van der Waals surface area contributed by atoms with Crippen LogP contribution in [0.25, 0.3) is 0 Å². The molecule has 0 spiro atoms. The van der Waals surface area contributed by atoms with Gasteiger partial charge in [0.15, 0.2) is 0 Å². The van der Waals surface area contributed by atoms with Gasteiger partial charge in [-0.15, -0.1) is 0 Å². The van der Waals surface area contributed by atoms with E-state index in [9.17, 15) is 4.79 Å². The molecule has 0 aliphatic rings. The summed E-state index contributed by atoms with van der Waals surface area (Å²) in [6.07, 6.45) is 0.576. The molecule has 0 aromatic carbocycles. The van der Waals surface area contributed by atoms with Crippen molar-refractivity contribution in [2.24, 2.45) is 5.92 Å². The van der Waals surface area contributed by atoms with Gasteiger partial charge in [0.25, 0.3) is 0 Å². The Hall–Kier alpha value is -0.570. The van der Waals surface area contributed by atoms with Gasteiger partial charge in [-0.2, -0.15) is 0 Å². The summed E-state index contributed by atoms with van der Waals surface area (Å²) in [7, 11) is 0. The van der Waals surface area contributed by atoms with Gasteiger partial charge in [0.05, 0.1) is 11.5 Å². The van der Waals surface area contributed by atoms with Crippen LogP contribution in [0.4, 0.5) is 0 Å². The molecule has 0 rings (SSSR count). The van der Waals surface area contributed by atoms with Crippen molar-refractivity contribution in [1.82, 2.24) is 0 Å². The third-order valence-corrected chi connectivity index (χ3v) is 1.51. The second kappa shape index (κ2) is 4.45. The summed E-state index contributed by atoms with van der Waals surface area (Å²) in [5.74, 6) is -1.07. The summed E-state index contributed by atoms with van der Waals surface area (Å²) < 4.78 is 5.39. The first kappa shape index (κ1) is 11.4. The van der Waals surface area contributed by atoms with Crippen molar-refractivity contribution in [2.45, 2.75) is 39.7 Å². The lowest BCUT2D eigenvalue weighted by Crippen LogP contribution is -2.22. The van der Waals surface area contributed by atoms with Crippen molar-refractivity contribution >= 4 is 5.97 Å². The minimum Gasteiger partial charge on any atom is -0.481 e. The highest BCUT2D eigenvalue weighted by Gasteiger charge is 2.14. The maximum atomic E-state index is 10.4. The maximum Gasteiger partial charge on any atom is 0.306 e. The monoisotopic (exact) mass is 174 g/mol. The van der Waals surface area contributed by atoms with Crippen molar-refractivity contribution in [3.63, 3.8) is 0 Å². The van der Waals surface area contributed by atoms with Gasteiger partial charge >= 0.3 is 5.97 Å². The molecule has 0 heterocycles. The average Bonchev–Trinajstić information content (AvgIpc) is 1.84. The normalized spacial score (nSPS) is 14.3. The van der Waals surface area contributed by atoms with Gasteiger partial charge in [-0.05, 0) is 27.2 Å². The molecule has 0 aliphatic carbocycles. The van der Waals surface area contributed by atoms with E-state index in [1.807, 2.05) is 20.8 Å². The van der Waals surface area contributed by atoms with Gasteiger partial charge in [-0.3, -0.25) is 4.79 Å². The van der Waals surface area contributed by atoms with Crippen LogP contribution in [0.2, 0.25) is 0 Å². The Labute approximate surface area is 73.7 Å². The van der Waals surface area contributed by atoms with E-state index in [2.05, 4.69) is 0 Å². The number of rotatable bonds is 4. The fourth-order valence-electron chi connectivity index (χ4n) is 0.665. The Morgan fingerprint density at radius 2 is 2.00 bits per heavy atom. The minimum absolute atomic E-state index is 0.168. The second-order valence-corrected chi connectivity index (χ2v) is 3.99. The molecule has 0 radical (unpaired) electrons. The van der Waals surface area contributed by atoms with Crippen molar-refractivity contribution in [2.75, 3.05) is 6.61 Å². The molecule has 0 aromatic rings. The van der Waals surface area contributed by atoms with Gasteiger partial charge in [-0.1, -0.05) is 6.92 Å². The van der Waals surface area contributed by atoms with Gasteiger partial charge < -0.3 is 9.84 Å². The highest BCUT2D eigenvalue weighted by molar-refractivity contribution is 5.69. The zero-order chi connectivity index (χ0) is 9.78. The predicted octanol–water partition coefficient (Wildman–Crippen LogP) is 1.91. The first-order chi connectivity index (χ1) is 5.33. The molecule has 3 nitrogen and oxygen atoms in total. The first-order valence-electron chi connectivity index (χ1n) is 4.19. The Morgan fingerprint density at radius 3 is 2.33 bits per heavy atom. The molecule has 12 heavy (non-hydrogen) atoms. The van der Waals surface area contributed by atoms with E-state index >= 15 is 0 Å². The summed E-state index contributed by atoms with van der Waals surface area (Å²) in [5, 5.41) is 8.56. The number of hydrogen-bond acceptors (Lipinski definition) is 2. The van der Waals surface area contributed by atoms with Crippen molar-refractivity contribution < 1.29 is 14.6 Å². The highest BCUT2D eigenvalue weighted by atomic mass is 16.5. The lowest BCUT2D eigenvalue weighted by Gasteiger charge is -2.20. The fourth-order valence-corrected chi connectivity index (χ4v) is 0.665. The largest absolute Gasteiger partial charge is 0.481 e. The molecule has 0 amide bonds. The summed E-state index contributed by atoms with van der Waals surface area (Å²) in [6, 6.07) is 0.